The number of benzene rings is 2. The molecule has 36 heavy (non-hydrogen) atoms. The monoisotopic (exact) mass is 486 g/mol. The number of anilines is 1. The van der Waals surface area contributed by atoms with Gasteiger partial charge in [-0.1, -0.05) is 12.1 Å². The number of nitrogens with zero attached hydrogens (tertiary/aromatic N) is 6. The number of piperazine rings is 1. The number of pyridine rings is 1. The van der Waals surface area contributed by atoms with Crippen molar-refractivity contribution < 1.29 is 13.9 Å². The van der Waals surface area contributed by atoms with Crippen LogP contribution in [0.4, 0.5) is 10.2 Å². The Morgan fingerprint density at radius 2 is 1.78 bits per heavy atom. The summed E-state index contributed by atoms with van der Waals surface area (Å²) in [5.74, 6) is 2.21. The average molecular weight is 487 g/mol. The van der Waals surface area contributed by atoms with Gasteiger partial charge in [0.1, 0.15) is 23.9 Å². The van der Waals surface area contributed by atoms with E-state index in [1.54, 1.807) is 23.9 Å². The van der Waals surface area contributed by atoms with Crippen molar-refractivity contribution >= 4 is 11.7 Å². The lowest BCUT2D eigenvalue weighted by Gasteiger charge is -2.35. The topological polar surface area (TPSA) is 76.4 Å². The highest BCUT2D eigenvalue weighted by Crippen LogP contribution is 2.26. The van der Waals surface area contributed by atoms with E-state index in [0.29, 0.717) is 49.1 Å². The number of amides is 1. The minimum absolute atomic E-state index is 0.0341. The minimum Gasteiger partial charge on any atom is -0.497 e. The molecule has 0 atom stereocenters. The lowest BCUT2D eigenvalue weighted by Crippen LogP contribution is -2.50. The molecular formula is C27H27FN6O2. The molecule has 0 saturated carbocycles. The van der Waals surface area contributed by atoms with Crippen LogP contribution in [0, 0.1) is 12.7 Å². The molecule has 3 heterocycles. The van der Waals surface area contributed by atoms with Crippen molar-refractivity contribution in [2.45, 2.75) is 13.5 Å². The predicted molar refractivity (Wildman–Crippen MR) is 135 cm³/mol. The van der Waals surface area contributed by atoms with Crippen LogP contribution in [-0.2, 0) is 11.3 Å². The van der Waals surface area contributed by atoms with Crippen molar-refractivity contribution in [3.05, 3.63) is 78.2 Å². The van der Waals surface area contributed by atoms with E-state index >= 15 is 0 Å². The number of halogens is 1. The quantitative estimate of drug-likeness (QED) is 0.413. The number of aryl methyl sites for hydroxylation is 1. The van der Waals surface area contributed by atoms with Gasteiger partial charge in [0.25, 0.3) is 0 Å². The normalized spacial score (nSPS) is 13.6. The van der Waals surface area contributed by atoms with E-state index in [4.69, 9.17) is 9.72 Å². The standard InChI is InChI=1S/C27H27FN6O2/c1-19-10-11-29-24(16-19)32-12-14-33(15-13-32)25(35)18-34-27(20-6-8-22(28)9-7-20)30-26(31-34)21-4-3-5-23(17-21)36-2/h3-11,16-17H,12-15,18H2,1-2H3. The highest BCUT2D eigenvalue weighted by atomic mass is 19.1. The van der Waals surface area contributed by atoms with Crippen molar-refractivity contribution in [3.8, 4) is 28.5 Å². The molecule has 1 fully saturated rings. The number of hydrogen-bond donors (Lipinski definition) is 0. The first kappa shape index (κ1) is 23.5. The van der Waals surface area contributed by atoms with Crippen LogP contribution in [0.25, 0.3) is 22.8 Å². The number of rotatable bonds is 6. The van der Waals surface area contributed by atoms with Gasteiger partial charge >= 0.3 is 0 Å². The van der Waals surface area contributed by atoms with Gasteiger partial charge < -0.3 is 14.5 Å². The van der Waals surface area contributed by atoms with Crippen molar-refractivity contribution in [1.29, 1.82) is 0 Å². The number of methoxy groups -OCH3 is 1. The highest BCUT2D eigenvalue weighted by molar-refractivity contribution is 5.77. The molecule has 0 unspecified atom stereocenters. The number of aromatic nitrogens is 4. The zero-order valence-corrected chi connectivity index (χ0v) is 20.3. The van der Waals surface area contributed by atoms with Gasteiger partial charge in [0, 0.05) is 43.5 Å². The molecule has 1 saturated heterocycles. The summed E-state index contributed by atoms with van der Waals surface area (Å²) in [6.45, 7) is 4.68. The minimum atomic E-state index is -0.338. The van der Waals surface area contributed by atoms with Gasteiger partial charge in [0.05, 0.1) is 7.11 Å². The largest absolute Gasteiger partial charge is 0.497 e. The van der Waals surface area contributed by atoms with E-state index in [9.17, 15) is 9.18 Å². The first-order chi connectivity index (χ1) is 17.5. The molecule has 0 bridgehead atoms. The van der Waals surface area contributed by atoms with Crippen LogP contribution < -0.4 is 9.64 Å². The van der Waals surface area contributed by atoms with E-state index < -0.39 is 0 Å². The van der Waals surface area contributed by atoms with Gasteiger partial charge in [-0.15, -0.1) is 5.10 Å². The third-order valence-corrected chi connectivity index (χ3v) is 6.24. The Morgan fingerprint density at radius 1 is 1.00 bits per heavy atom. The smallest absolute Gasteiger partial charge is 0.244 e. The number of hydrogen-bond acceptors (Lipinski definition) is 6. The summed E-state index contributed by atoms with van der Waals surface area (Å²) < 4.78 is 20.5. The van der Waals surface area contributed by atoms with Gasteiger partial charge in [0.2, 0.25) is 5.91 Å². The van der Waals surface area contributed by atoms with E-state index in [1.165, 1.54) is 12.1 Å². The van der Waals surface area contributed by atoms with E-state index in [2.05, 4.69) is 21.0 Å². The maximum absolute atomic E-state index is 13.6. The molecule has 0 radical (unpaired) electrons. The molecule has 184 valence electrons. The molecule has 0 aliphatic carbocycles. The Bertz CT molecular complexity index is 1360. The molecule has 8 nitrogen and oxygen atoms in total. The van der Waals surface area contributed by atoms with Crippen molar-refractivity contribution in [1.82, 2.24) is 24.6 Å². The maximum Gasteiger partial charge on any atom is 0.244 e. The fourth-order valence-corrected chi connectivity index (χ4v) is 4.26. The molecule has 1 aliphatic rings. The maximum atomic E-state index is 13.6. The second-order valence-corrected chi connectivity index (χ2v) is 8.71. The van der Waals surface area contributed by atoms with Gasteiger partial charge in [-0.05, 0) is 61.0 Å². The fourth-order valence-electron chi connectivity index (χ4n) is 4.26. The summed E-state index contributed by atoms with van der Waals surface area (Å²) >= 11 is 0. The van der Waals surface area contributed by atoms with Crippen LogP contribution in [0.3, 0.4) is 0 Å². The molecule has 2 aromatic heterocycles. The molecule has 4 aromatic rings. The van der Waals surface area contributed by atoms with Crippen LogP contribution in [0.15, 0.2) is 66.9 Å². The van der Waals surface area contributed by atoms with Gasteiger partial charge in [0.15, 0.2) is 11.6 Å². The predicted octanol–water partition coefficient (Wildman–Crippen LogP) is 3.81. The second-order valence-electron chi connectivity index (χ2n) is 8.71. The first-order valence-electron chi connectivity index (χ1n) is 11.8. The SMILES string of the molecule is COc1cccc(-c2nc(-c3ccc(F)cc3)n(CC(=O)N3CCN(c4cc(C)ccn4)CC3)n2)c1. The number of carbonyl (C=O) groups is 1. The van der Waals surface area contributed by atoms with Crippen LogP contribution in [0.1, 0.15) is 5.56 Å². The molecular weight excluding hydrogens is 459 g/mol. The molecule has 0 N–H and O–H groups in total. The number of carbonyl (C=O) groups excluding carboxylic acids is 1. The van der Waals surface area contributed by atoms with Crippen LogP contribution >= 0.6 is 0 Å². The Labute approximate surface area is 209 Å². The lowest BCUT2D eigenvalue weighted by molar-refractivity contribution is -0.132. The molecule has 5 rings (SSSR count). The first-order valence-corrected chi connectivity index (χ1v) is 11.8. The van der Waals surface area contributed by atoms with Gasteiger partial charge in [-0.3, -0.25) is 4.79 Å². The van der Waals surface area contributed by atoms with Crippen LogP contribution in [0.2, 0.25) is 0 Å². The Hall–Kier alpha value is -4.27. The Balaban J connectivity index is 1.36. The molecule has 1 amide bonds. The zero-order chi connectivity index (χ0) is 25.1. The zero-order valence-electron chi connectivity index (χ0n) is 20.3. The van der Waals surface area contributed by atoms with Crippen molar-refractivity contribution in [3.63, 3.8) is 0 Å². The molecule has 2 aromatic carbocycles. The van der Waals surface area contributed by atoms with Crippen LogP contribution in [0.5, 0.6) is 5.75 Å². The van der Waals surface area contributed by atoms with Crippen molar-refractivity contribution in [2.24, 2.45) is 0 Å². The second kappa shape index (κ2) is 10.2. The molecule has 0 spiro atoms. The Kier molecular flexibility index (Phi) is 6.62. The van der Waals surface area contributed by atoms with E-state index in [-0.39, 0.29) is 18.3 Å². The summed E-state index contributed by atoms with van der Waals surface area (Å²) in [6, 6.07) is 17.5. The van der Waals surface area contributed by atoms with Gasteiger partial charge in [-0.25, -0.2) is 19.0 Å². The van der Waals surface area contributed by atoms with Crippen LogP contribution in [-0.4, -0.2) is 63.8 Å². The van der Waals surface area contributed by atoms with E-state index in [0.717, 1.165) is 16.9 Å². The summed E-state index contributed by atoms with van der Waals surface area (Å²) in [7, 11) is 1.60. The third-order valence-electron chi connectivity index (χ3n) is 6.24. The third kappa shape index (κ3) is 5.05. The van der Waals surface area contributed by atoms with Crippen molar-refractivity contribution in [2.75, 3.05) is 38.2 Å². The summed E-state index contributed by atoms with van der Waals surface area (Å²) in [6.07, 6.45) is 1.81. The molecule has 1 aliphatic heterocycles. The summed E-state index contributed by atoms with van der Waals surface area (Å²) in [5, 5.41) is 4.65. The fraction of sp³-hybridized carbons (Fsp3) is 0.259. The van der Waals surface area contributed by atoms with Gasteiger partial charge in [-0.2, -0.15) is 0 Å². The van der Waals surface area contributed by atoms with E-state index in [1.807, 2.05) is 48.4 Å². The average Bonchev–Trinajstić information content (AvgIpc) is 3.33. The number of ether oxygens (including phenoxy) is 1. The molecule has 9 heteroatoms. The summed E-state index contributed by atoms with van der Waals surface area (Å²) in [5.41, 5.74) is 2.61. The highest BCUT2D eigenvalue weighted by Gasteiger charge is 2.24. The lowest BCUT2D eigenvalue weighted by atomic mass is 10.2. The Morgan fingerprint density at radius 3 is 2.50 bits per heavy atom. The summed E-state index contributed by atoms with van der Waals surface area (Å²) in [4.78, 5) is 26.5.